The van der Waals surface area contributed by atoms with Gasteiger partial charge in [-0.15, -0.1) is 0 Å². The average molecular weight is 394 g/mol. The van der Waals surface area contributed by atoms with Crippen molar-refractivity contribution in [1.29, 1.82) is 0 Å². The number of hydrazine groups is 1. The normalized spacial score (nSPS) is 24.5. The lowest BCUT2D eigenvalue weighted by molar-refractivity contribution is 0.361. The molecular weight excluding hydrogens is 370 g/mol. The van der Waals surface area contributed by atoms with Gasteiger partial charge in [-0.2, -0.15) is 28.6 Å². The van der Waals surface area contributed by atoms with Gasteiger partial charge in [0.2, 0.25) is 0 Å². The maximum absolute atomic E-state index is 5.91. The molecule has 0 amide bonds. The molecular formula is C13H24BrN5S2. The molecule has 1 saturated heterocycles. The molecule has 0 saturated carbocycles. The van der Waals surface area contributed by atoms with Crippen molar-refractivity contribution in [2.24, 2.45) is 5.84 Å². The zero-order valence-corrected chi connectivity index (χ0v) is 16.0. The molecule has 0 spiro atoms. The number of nitrogens with one attached hydrogen (secondary N) is 1. The summed E-state index contributed by atoms with van der Waals surface area (Å²) in [5.74, 6) is 8.31. The first-order valence-corrected chi connectivity index (χ1v) is 9.99. The molecule has 3 unspecified atom stereocenters. The van der Waals surface area contributed by atoms with Crippen LogP contribution >= 0.6 is 39.5 Å². The molecule has 0 aliphatic carbocycles. The van der Waals surface area contributed by atoms with Crippen LogP contribution in [0.3, 0.4) is 0 Å². The minimum Gasteiger partial charge on any atom is -0.308 e. The van der Waals surface area contributed by atoms with Gasteiger partial charge in [0.25, 0.3) is 0 Å². The van der Waals surface area contributed by atoms with Gasteiger partial charge in [0.1, 0.15) is 0 Å². The van der Waals surface area contributed by atoms with Crippen LogP contribution in [0, 0.1) is 0 Å². The number of rotatable bonds is 6. The average Bonchev–Trinajstić information content (AvgIpc) is 2.81. The lowest BCUT2D eigenvalue weighted by Gasteiger charge is -2.34. The largest absolute Gasteiger partial charge is 0.308 e. The number of aromatic nitrogens is 2. The van der Waals surface area contributed by atoms with E-state index in [1.165, 1.54) is 11.5 Å². The molecule has 1 fully saturated rings. The quantitative estimate of drug-likeness (QED) is 0.568. The predicted octanol–water partition coefficient (Wildman–Crippen LogP) is 1.95. The van der Waals surface area contributed by atoms with Gasteiger partial charge in [-0.3, -0.25) is 16.0 Å². The topological polar surface area (TPSA) is 59.1 Å². The highest BCUT2D eigenvalue weighted by Gasteiger charge is 2.34. The van der Waals surface area contributed by atoms with E-state index in [0.29, 0.717) is 10.5 Å². The SMILES string of the molecule is CC1SCCSC1C(NN)c1c(Br)cnn1CCN(C)C. The maximum Gasteiger partial charge on any atom is 0.0769 e. The zero-order valence-electron chi connectivity index (χ0n) is 12.8. The Balaban J connectivity index is 2.22. The van der Waals surface area contributed by atoms with Crippen LogP contribution < -0.4 is 11.3 Å². The van der Waals surface area contributed by atoms with Crippen LogP contribution in [-0.4, -0.2) is 57.3 Å². The van der Waals surface area contributed by atoms with E-state index in [1.807, 2.05) is 29.7 Å². The van der Waals surface area contributed by atoms with Crippen LogP contribution in [0.1, 0.15) is 18.7 Å². The zero-order chi connectivity index (χ0) is 15.4. The van der Waals surface area contributed by atoms with Crippen LogP contribution in [0.25, 0.3) is 0 Å². The fourth-order valence-electron chi connectivity index (χ4n) is 2.50. The second-order valence-corrected chi connectivity index (χ2v) is 9.09. The number of nitrogens with zero attached hydrogens (tertiary/aromatic N) is 3. The number of hydrogen-bond donors (Lipinski definition) is 2. The summed E-state index contributed by atoms with van der Waals surface area (Å²) in [5.41, 5.74) is 4.19. The van der Waals surface area contributed by atoms with Crippen LogP contribution in [0.2, 0.25) is 0 Å². The van der Waals surface area contributed by atoms with Gasteiger partial charge in [-0.25, -0.2) is 0 Å². The molecule has 0 aromatic carbocycles. The highest BCUT2D eigenvalue weighted by Crippen LogP contribution is 2.40. The monoisotopic (exact) mass is 393 g/mol. The number of nitrogens with two attached hydrogens (primary N) is 1. The second-order valence-electron chi connectivity index (χ2n) is 5.46. The van der Waals surface area contributed by atoms with E-state index < -0.39 is 0 Å². The maximum atomic E-state index is 5.91. The lowest BCUT2D eigenvalue weighted by atomic mass is 10.1. The Bertz CT molecular complexity index is 454. The van der Waals surface area contributed by atoms with Crippen molar-refractivity contribution in [2.45, 2.75) is 30.0 Å². The first-order valence-electron chi connectivity index (χ1n) is 7.10. The predicted molar refractivity (Wildman–Crippen MR) is 96.7 cm³/mol. The smallest absolute Gasteiger partial charge is 0.0769 e. The molecule has 1 aliphatic heterocycles. The number of likely N-dealkylation sites (N-methyl/N-ethyl adjacent to an activating group) is 1. The molecule has 2 heterocycles. The summed E-state index contributed by atoms with van der Waals surface area (Å²) in [5, 5.41) is 5.54. The molecule has 1 aliphatic rings. The van der Waals surface area contributed by atoms with Gasteiger partial charge in [0.15, 0.2) is 0 Å². The molecule has 1 aromatic heterocycles. The molecule has 21 heavy (non-hydrogen) atoms. The van der Waals surface area contributed by atoms with Crippen molar-refractivity contribution < 1.29 is 0 Å². The first-order chi connectivity index (χ1) is 10.0. The Kier molecular flexibility index (Phi) is 6.89. The van der Waals surface area contributed by atoms with Gasteiger partial charge < -0.3 is 4.90 Å². The van der Waals surface area contributed by atoms with Gasteiger partial charge >= 0.3 is 0 Å². The van der Waals surface area contributed by atoms with Gasteiger partial charge in [0.05, 0.1) is 29.0 Å². The molecule has 8 heteroatoms. The highest BCUT2D eigenvalue weighted by molar-refractivity contribution is 9.10. The molecule has 0 bridgehead atoms. The van der Waals surface area contributed by atoms with Crippen molar-refractivity contribution in [2.75, 3.05) is 32.1 Å². The van der Waals surface area contributed by atoms with Crippen LogP contribution in [-0.2, 0) is 6.54 Å². The van der Waals surface area contributed by atoms with E-state index in [0.717, 1.165) is 23.3 Å². The van der Waals surface area contributed by atoms with Crippen LogP contribution in [0.5, 0.6) is 0 Å². The highest BCUT2D eigenvalue weighted by atomic mass is 79.9. The van der Waals surface area contributed by atoms with Crippen molar-refractivity contribution in [3.8, 4) is 0 Å². The van der Waals surface area contributed by atoms with E-state index in [-0.39, 0.29) is 6.04 Å². The second kappa shape index (κ2) is 8.21. The van der Waals surface area contributed by atoms with Crippen molar-refractivity contribution in [1.82, 2.24) is 20.1 Å². The summed E-state index contributed by atoms with van der Waals surface area (Å²) < 4.78 is 3.11. The molecule has 3 atom stereocenters. The Morgan fingerprint density at radius 2 is 2.24 bits per heavy atom. The molecule has 0 radical (unpaired) electrons. The van der Waals surface area contributed by atoms with Crippen LogP contribution in [0.4, 0.5) is 0 Å². The summed E-state index contributed by atoms with van der Waals surface area (Å²) in [6.07, 6.45) is 1.88. The third-order valence-corrected chi connectivity index (χ3v) is 7.44. The van der Waals surface area contributed by atoms with E-state index in [9.17, 15) is 0 Å². The third kappa shape index (κ3) is 4.39. The number of thioether (sulfide) groups is 2. The summed E-state index contributed by atoms with van der Waals surface area (Å²) in [4.78, 5) is 2.16. The van der Waals surface area contributed by atoms with E-state index in [4.69, 9.17) is 5.84 Å². The van der Waals surface area contributed by atoms with Crippen LogP contribution in [0.15, 0.2) is 10.7 Å². The van der Waals surface area contributed by atoms with E-state index >= 15 is 0 Å². The summed E-state index contributed by atoms with van der Waals surface area (Å²) >= 11 is 7.68. The molecule has 2 rings (SSSR count). The fourth-order valence-corrected chi connectivity index (χ4v) is 5.94. The number of halogens is 1. The summed E-state index contributed by atoms with van der Waals surface area (Å²) in [6.45, 7) is 4.12. The molecule has 1 aromatic rings. The Labute approximate surface area is 143 Å². The number of hydrogen-bond acceptors (Lipinski definition) is 6. The van der Waals surface area contributed by atoms with Gasteiger partial charge in [-0.1, -0.05) is 6.92 Å². The van der Waals surface area contributed by atoms with Crippen molar-refractivity contribution in [3.63, 3.8) is 0 Å². The summed E-state index contributed by atoms with van der Waals surface area (Å²) in [6, 6.07) is 0.108. The van der Waals surface area contributed by atoms with E-state index in [1.54, 1.807) is 0 Å². The molecule has 5 nitrogen and oxygen atoms in total. The van der Waals surface area contributed by atoms with E-state index in [2.05, 4.69) is 57.1 Å². The van der Waals surface area contributed by atoms with Crippen molar-refractivity contribution >= 4 is 39.5 Å². The Morgan fingerprint density at radius 3 is 2.86 bits per heavy atom. The molecule has 3 N–H and O–H groups in total. The minimum absolute atomic E-state index is 0.108. The third-order valence-electron chi connectivity index (χ3n) is 3.63. The molecule has 120 valence electrons. The van der Waals surface area contributed by atoms with Gasteiger partial charge in [-0.05, 0) is 30.0 Å². The lowest BCUT2D eigenvalue weighted by Crippen LogP contribution is -2.42. The summed E-state index contributed by atoms with van der Waals surface area (Å²) in [7, 11) is 4.15. The first kappa shape index (κ1) is 17.6. The fraction of sp³-hybridized carbons (Fsp3) is 0.769. The Hall–Kier alpha value is 0.270. The Morgan fingerprint density at radius 1 is 1.52 bits per heavy atom. The minimum atomic E-state index is 0.108. The van der Waals surface area contributed by atoms with Crippen molar-refractivity contribution in [3.05, 3.63) is 16.4 Å². The van der Waals surface area contributed by atoms with Gasteiger partial charge in [0, 0.05) is 28.6 Å². The standard InChI is InChI=1S/C13H24BrN5S2/c1-9-13(21-7-6-20-9)11(17-15)12-10(14)8-16-19(12)5-4-18(2)3/h8-9,11,13,17H,4-7,15H2,1-3H3.